The Morgan fingerprint density at radius 3 is 2.29 bits per heavy atom. The number of aliphatic carboxylic acids is 1. The van der Waals surface area contributed by atoms with Crippen LogP contribution in [0.15, 0.2) is 30.3 Å². The van der Waals surface area contributed by atoms with Crippen LogP contribution in [0, 0.1) is 11.8 Å². The summed E-state index contributed by atoms with van der Waals surface area (Å²) in [5, 5.41) is 8.78. The van der Waals surface area contributed by atoms with Gasteiger partial charge in [-0.3, -0.25) is 9.59 Å². The molecule has 1 unspecified atom stereocenters. The third-order valence-electron chi connectivity index (χ3n) is 2.74. The summed E-state index contributed by atoms with van der Waals surface area (Å²) in [4.78, 5) is 22.3. The maximum Gasteiger partial charge on any atom is 0.309 e. The molecule has 2 atom stereocenters. The zero-order valence-corrected chi connectivity index (χ0v) is 9.92. The second-order valence-electron chi connectivity index (χ2n) is 4.01. The van der Waals surface area contributed by atoms with E-state index in [0.717, 1.165) is 5.56 Å². The first kappa shape index (κ1) is 13.2. The highest BCUT2D eigenvalue weighted by molar-refractivity contribution is 5.80. The molecule has 92 valence electrons. The topological polar surface area (TPSA) is 63.6 Å². The van der Waals surface area contributed by atoms with Gasteiger partial charge in [-0.1, -0.05) is 44.2 Å². The van der Waals surface area contributed by atoms with Crippen LogP contribution in [0.3, 0.4) is 0 Å². The van der Waals surface area contributed by atoms with E-state index in [9.17, 15) is 9.59 Å². The van der Waals surface area contributed by atoms with Gasteiger partial charge in [0.2, 0.25) is 0 Å². The number of hydrogen-bond acceptors (Lipinski definition) is 3. The van der Waals surface area contributed by atoms with Crippen molar-refractivity contribution in [1.82, 2.24) is 0 Å². The molecule has 0 saturated heterocycles. The lowest BCUT2D eigenvalue weighted by Crippen LogP contribution is -2.26. The Bertz CT molecular complexity index is 386. The first-order valence-corrected chi connectivity index (χ1v) is 5.45. The molecule has 0 saturated carbocycles. The summed E-state index contributed by atoms with van der Waals surface area (Å²) in [6, 6.07) is 9.27. The van der Waals surface area contributed by atoms with Crippen LogP contribution in [0.25, 0.3) is 0 Å². The summed E-state index contributed by atoms with van der Waals surface area (Å²) in [6.45, 7) is 3.24. The normalized spacial score (nSPS) is 13.8. The SMILES string of the molecule is CC(C(=O)OCc1ccccc1)[C@@H](C)C(=O)O. The molecule has 1 rings (SSSR count). The number of esters is 1. The summed E-state index contributed by atoms with van der Waals surface area (Å²) < 4.78 is 5.06. The fourth-order valence-corrected chi connectivity index (χ4v) is 1.28. The van der Waals surface area contributed by atoms with Crippen molar-refractivity contribution in [2.75, 3.05) is 0 Å². The lowest BCUT2D eigenvalue weighted by molar-refractivity contribution is -0.157. The van der Waals surface area contributed by atoms with Gasteiger partial charge in [-0.05, 0) is 5.56 Å². The van der Waals surface area contributed by atoms with Crippen molar-refractivity contribution in [2.24, 2.45) is 11.8 Å². The van der Waals surface area contributed by atoms with Crippen LogP contribution in [0.4, 0.5) is 0 Å². The maximum atomic E-state index is 11.6. The van der Waals surface area contributed by atoms with E-state index in [4.69, 9.17) is 9.84 Å². The highest BCUT2D eigenvalue weighted by atomic mass is 16.5. The van der Waals surface area contributed by atoms with Gasteiger partial charge >= 0.3 is 11.9 Å². The minimum Gasteiger partial charge on any atom is -0.481 e. The zero-order valence-electron chi connectivity index (χ0n) is 9.92. The monoisotopic (exact) mass is 236 g/mol. The Balaban J connectivity index is 2.47. The summed E-state index contributed by atoms with van der Waals surface area (Å²) in [6.07, 6.45) is 0. The lowest BCUT2D eigenvalue weighted by Gasteiger charge is -2.14. The second kappa shape index (κ2) is 6.03. The van der Waals surface area contributed by atoms with Crippen LogP contribution in [0.5, 0.6) is 0 Å². The Morgan fingerprint density at radius 2 is 1.76 bits per heavy atom. The molecule has 0 fully saturated rings. The molecule has 0 aliphatic heterocycles. The van der Waals surface area contributed by atoms with E-state index >= 15 is 0 Å². The van der Waals surface area contributed by atoms with Gasteiger partial charge in [-0.15, -0.1) is 0 Å². The van der Waals surface area contributed by atoms with Crippen molar-refractivity contribution in [3.8, 4) is 0 Å². The zero-order chi connectivity index (χ0) is 12.8. The molecular formula is C13H16O4. The highest BCUT2D eigenvalue weighted by Gasteiger charge is 2.26. The Hall–Kier alpha value is -1.84. The highest BCUT2D eigenvalue weighted by Crippen LogP contribution is 2.14. The third kappa shape index (κ3) is 3.90. The fourth-order valence-electron chi connectivity index (χ4n) is 1.28. The Morgan fingerprint density at radius 1 is 1.18 bits per heavy atom. The molecule has 1 N–H and O–H groups in total. The average Bonchev–Trinajstić information content (AvgIpc) is 2.35. The van der Waals surface area contributed by atoms with Crippen LogP contribution in [-0.4, -0.2) is 17.0 Å². The second-order valence-corrected chi connectivity index (χ2v) is 4.01. The minimum atomic E-state index is -0.992. The van der Waals surface area contributed by atoms with Gasteiger partial charge in [0, 0.05) is 0 Å². The molecule has 0 bridgehead atoms. The van der Waals surface area contributed by atoms with Crippen molar-refractivity contribution >= 4 is 11.9 Å². The van der Waals surface area contributed by atoms with Gasteiger partial charge in [-0.2, -0.15) is 0 Å². The van der Waals surface area contributed by atoms with Crippen LogP contribution in [0.2, 0.25) is 0 Å². The first-order valence-electron chi connectivity index (χ1n) is 5.45. The van der Waals surface area contributed by atoms with Gasteiger partial charge in [0.05, 0.1) is 11.8 Å². The Kier molecular flexibility index (Phi) is 4.69. The standard InChI is InChI=1S/C13H16O4/c1-9(12(14)15)10(2)13(16)17-8-11-6-4-3-5-7-11/h3-7,9-10H,8H2,1-2H3,(H,14,15)/t9-,10?/m1/s1. The summed E-state index contributed by atoms with van der Waals surface area (Å²) in [5.41, 5.74) is 0.885. The molecule has 0 aromatic heterocycles. The molecule has 17 heavy (non-hydrogen) atoms. The molecule has 0 spiro atoms. The van der Waals surface area contributed by atoms with E-state index in [0.29, 0.717) is 0 Å². The van der Waals surface area contributed by atoms with Crippen molar-refractivity contribution in [2.45, 2.75) is 20.5 Å². The van der Waals surface area contributed by atoms with Gasteiger partial charge in [-0.25, -0.2) is 0 Å². The van der Waals surface area contributed by atoms with Crippen LogP contribution in [0.1, 0.15) is 19.4 Å². The number of ether oxygens (including phenoxy) is 1. The van der Waals surface area contributed by atoms with Crippen molar-refractivity contribution < 1.29 is 19.4 Å². The summed E-state index contributed by atoms with van der Waals surface area (Å²) in [5.74, 6) is -2.85. The number of carboxylic acid groups (broad SMARTS) is 1. The molecule has 0 aliphatic rings. The summed E-state index contributed by atoms with van der Waals surface area (Å²) in [7, 11) is 0. The lowest BCUT2D eigenvalue weighted by atomic mass is 9.96. The van der Waals surface area contributed by atoms with Crippen molar-refractivity contribution in [3.63, 3.8) is 0 Å². The van der Waals surface area contributed by atoms with Gasteiger partial charge in [0.25, 0.3) is 0 Å². The molecule has 0 aliphatic carbocycles. The molecule has 4 nitrogen and oxygen atoms in total. The van der Waals surface area contributed by atoms with Crippen molar-refractivity contribution in [1.29, 1.82) is 0 Å². The summed E-state index contributed by atoms with van der Waals surface area (Å²) >= 11 is 0. The number of rotatable bonds is 5. The first-order chi connectivity index (χ1) is 8.02. The third-order valence-corrected chi connectivity index (χ3v) is 2.74. The minimum absolute atomic E-state index is 0.177. The smallest absolute Gasteiger partial charge is 0.309 e. The van der Waals surface area contributed by atoms with Gasteiger partial charge in [0.1, 0.15) is 6.61 Å². The largest absolute Gasteiger partial charge is 0.481 e. The molecule has 0 heterocycles. The van der Waals surface area contributed by atoms with E-state index in [2.05, 4.69) is 0 Å². The predicted octanol–water partition coefficient (Wildman–Crippen LogP) is 2.09. The van der Waals surface area contributed by atoms with E-state index in [1.807, 2.05) is 30.3 Å². The number of carboxylic acids is 1. The number of carbonyl (C=O) groups excluding carboxylic acids is 1. The predicted molar refractivity (Wildman–Crippen MR) is 62.2 cm³/mol. The molecule has 0 amide bonds. The van der Waals surface area contributed by atoms with Crippen molar-refractivity contribution in [3.05, 3.63) is 35.9 Å². The van der Waals surface area contributed by atoms with E-state index < -0.39 is 23.8 Å². The van der Waals surface area contributed by atoms with Gasteiger partial charge in [0.15, 0.2) is 0 Å². The molecule has 0 radical (unpaired) electrons. The Labute approximate surface area is 100 Å². The number of carbonyl (C=O) groups is 2. The fraction of sp³-hybridized carbons (Fsp3) is 0.385. The van der Waals surface area contributed by atoms with Crippen LogP contribution >= 0.6 is 0 Å². The van der Waals surface area contributed by atoms with E-state index in [1.165, 1.54) is 6.92 Å². The van der Waals surface area contributed by atoms with E-state index in [1.54, 1.807) is 6.92 Å². The molecule has 1 aromatic carbocycles. The van der Waals surface area contributed by atoms with Crippen LogP contribution in [-0.2, 0) is 20.9 Å². The number of benzene rings is 1. The maximum absolute atomic E-state index is 11.6. The molecular weight excluding hydrogens is 220 g/mol. The van der Waals surface area contributed by atoms with E-state index in [-0.39, 0.29) is 6.61 Å². The quantitative estimate of drug-likeness (QED) is 0.795. The number of hydrogen-bond donors (Lipinski definition) is 1. The van der Waals surface area contributed by atoms with Gasteiger partial charge < -0.3 is 9.84 Å². The van der Waals surface area contributed by atoms with Crippen LogP contribution < -0.4 is 0 Å². The molecule has 1 aromatic rings. The molecule has 4 heteroatoms. The average molecular weight is 236 g/mol.